The molecule has 2 aromatic rings. The quantitative estimate of drug-likeness (QED) is 0.238. The highest BCUT2D eigenvalue weighted by atomic mass is 32.1. The van der Waals surface area contributed by atoms with Crippen LogP contribution in [-0.4, -0.2) is 59.2 Å². The molecule has 9 nitrogen and oxygen atoms in total. The lowest BCUT2D eigenvalue weighted by atomic mass is 10.0. The van der Waals surface area contributed by atoms with Crippen molar-refractivity contribution in [2.75, 3.05) is 12.3 Å². The summed E-state index contributed by atoms with van der Waals surface area (Å²) in [6, 6.07) is 15.2. The van der Waals surface area contributed by atoms with Crippen LogP contribution in [0.15, 0.2) is 60.7 Å². The van der Waals surface area contributed by atoms with E-state index in [0.717, 1.165) is 11.1 Å². The number of aliphatic carboxylic acids is 1. The number of carboxylic acids is 1. The van der Waals surface area contributed by atoms with Crippen molar-refractivity contribution in [1.82, 2.24) is 16.0 Å². The van der Waals surface area contributed by atoms with Gasteiger partial charge in [0.15, 0.2) is 0 Å². The van der Waals surface area contributed by atoms with Crippen LogP contribution in [0.2, 0.25) is 0 Å². The standard InChI is InChI=1S/C23H28N4O5S/c24-17(11-15-7-3-1-4-8-15)21(30)27-19(14-33)23(32)26-18(22(31)25-13-20(28)29)12-16-9-5-2-6-10-16/h1-10,17-19,33H,11-14,24H2,(H,25,31)(H,26,32)(H,27,30)(H,28,29). The molecule has 0 bridgehead atoms. The molecule has 3 unspecified atom stereocenters. The molecule has 10 heteroatoms. The summed E-state index contributed by atoms with van der Waals surface area (Å²) >= 11 is 4.14. The van der Waals surface area contributed by atoms with E-state index >= 15 is 0 Å². The third-order valence-corrected chi connectivity index (χ3v) is 5.15. The lowest BCUT2D eigenvalue weighted by Crippen LogP contribution is -2.57. The van der Waals surface area contributed by atoms with Gasteiger partial charge in [0.05, 0.1) is 6.04 Å². The van der Waals surface area contributed by atoms with Gasteiger partial charge in [-0.2, -0.15) is 12.6 Å². The Hall–Kier alpha value is -3.37. The van der Waals surface area contributed by atoms with Gasteiger partial charge in [0.2, 0.25) is 17.7 Å². The van der Waals surface area contributed by atoms with Crippen LogP contribution in [0.1, 0.15) is 11.1 Å². The van der Waals surface area contributed by atoms with Crippen LogP contribution in [0.4, 0.5) is 0 Å². The topological polar surface area (TPSA) is 151 Å². The van der Waals surface area contributed by atoms with Crippen molar-refractivity contribution in [3.8, 4) is 0 Å². The molecule has 3 atom stereocenters. The van der Waals surface area contributed by atoms with E-state index in [4.69, 9.17) is 10.8 Å². The normalized spacial score (nSPS) is 13.3. The Morgan fingerprint density at radius 1 is 0.788 bits per heavy atom. The summed E-state index contributed by atoms with van der Waals surface area (Å²) in [5.41, 5.74) is 7.63. The van der Waals surface area contributed by atoms with Gasteiger partial charge in [-0.15, -0.1) is 0 Å². The molecule has 0 aliphatic heterocycles. The highest BCUT2D eigenvalue weighted by Crippen LogP contribution is 2.05. The van der Waals surface area contributed by atoms with Gasteiger partial charge in [-0.1, -0.05) is 60.7 Å². The smallest absolute Gasteiger partial charge is 0.322 e. The summed E-state index contributed by atoms with van der Waals surface area (Å²) in [7, 11) is 0. The minimum absolute atomic E-state index is 0.0234. The minimum atomic E-state index is -1.21. The molecule has 2 rings (SSSR count). The molecule has 6 N–H and O–H groups in total. The first-order chi connectivity index (χ1) is 15.8. The van der Waals surface area contributed by atoms with Crippen LogP contribution in [0.25, 0.3) is 0 Å². The molecule has 0 fully saturated rings. The zero-order chi connectivity index (χ0) is 24.2. The molecule has 0 aromatic heterocycles. The predicted octanol–water partition coefficient (Wildman–Crippen LogP) is -0.101. The molecular formula is C23H28N4O5S. The maximum absolute atomic E-state index is 12.8. The lowest BCUT2D eigenvalue weighted by Gasteiger charge is -2.23. The second-order valence-corrected chi connectivity index (χ2v) is 7.77. The van der Waals surface area contributed by atoms with Crippen LogP contribution >= 0.6 is 12.6 Å². The highest BCUT2D eigenvalue weighted by molar-refractivity contribution is 7.80. The first kappa shape index (κ1) is 25.9. The largest absolute Gasteiger partial charge is 0.480 e. The maximum Gasteiger partial charge on any atom is 0.322 e. The summed E-state index contributed by atoms with van der Waals surface area (Å²) in [6.07, 6.45) is 0.431. The average Bonchev–Trinajstić information content (AvgIpc) is 2.81. The molecule has 2 aromatic carbocycles. The van der Waals surface area contributed by atoms with Crippen molar-refractivity contribution in [3.63, 3.8) is 0 Å². The van der Waals surface area contributed by atoms with Crippen molar-refractivity contribution >= 4 is 36.3 Å². The van der Waals surface area contributed by atoms with Gasteiger partial charge in [-0.3, -0.25) is 19.2 Å². The van der Waals surface area contributed by atoms with Crippen LogP contribution < -0.4 is 21.7 Å². The van der Waals surface area contributed by atoms with Gasteiger partial charge in [0.25, 0.3) is 0 Å². The van der Waals surface area contributed by atoms with E-state index in [1.807, 2.05) is 36.4 Å². The van der Waals surface area contributed by atoms with E-state index in [1.54, 1.807) is 24.3 Å². The average molecular weight is 473 g/mol. The Bertz CT molecular complexity index is 942. The van der Waals surface area contributed by atoms with Crippen molar-refractivity contribution < 1.29 is 24.3 Å². The molecule has 33 heavy (non-hydrogen) atoms. The number of carbonyl (C=O) groups excluding carboxylic acids is 3. The number of hydrogen-bond acceptors (Lipinski definition) is 6. The third-order valence-electron chi connectivity index (χ3n) is 4.78. The monoisotopic (exact) mass is 472 g/mol. The van der Waals surface area contributed by atoms with E-state index in [9.17, 15) is 19.2 Å². The van der Waals surface area contributed by atoms with Crippen LogP contribution in [0.3, 0.4) is 0 Å². The molecule has 0 saturated carbocycles. The van der Waals surface area contributed by atoms with Gasteiger partial charge in [0, 0.05) is 12.2 Å². The van der Waals surface area contributed by atoms with Gasteiger partial charge in [-0.25, -0.2) is 0 Å². The number of carboxylic acid groups (broad SMARTS) is 1. The summed E-state index contributed by atoms with van der Waals surface area (Å²) in [6.45, 7) is -0.582. The van der Waals surface area contributed by atoms with Gasteiger partial charge < -0.3 is 26.8 Å². The summed E-state index contributed by atoms with van der Waals surface area (Å²) < 4.78 is 0. The fraction of sp³-hybridized carbons (Fsp3) is 0.304. The zero-order valence-electron chi connectivity index (χ0n) is 17.9. The van der Waals surface area contributed by atoms with Crippen LogP contribution in [0.5, 0.6) is 0 Å². The van der Waals surface area contributed by atoms with Gasteiger partial charge >= 0.3 is 5.97 Å². The fourth-order valence-corrected chi connectivity index (χ4v) is 3.31. The zero-order valence-corrected chi connectivity index (χ0v) is 18.8. The Morgan fingerprint density at radius 3 is 1.82 bits per heavy atom. The van der Waals surface area contributed by atoms with Crippen LogP contribution in [-0.2, 0) is 32.0 Å². The number of nitrogens with one attached hydrogen (secondary N) is 3. The number of carbonyl (C=O) groups is 4. The lowest BCUT2D eigenvalue weighted by molar-refractivity contribution is -0.138. The van der Waals surface area contributed by atoms with E-state index < -0.39 is 48.4 Å². The van der Waals surface area contributed by atoms with Crippen LogP contribution in [0, 0.1) is 0 Å². The molecule has 0 aliphatic rings. The summed E-state index contributed by atoms with van der Waals surface area (Å²) in [5.74, 6) is -3.04. The molecule has 0 aliphatic carbocycles. The molecule has 0 saturated heterocycles. The summed E-state index contributed by atoms with van der Waals surface area (Å²) in [4.78, 5) is 48.7. The number of rotatable bonds is 12. The van der Waals surface area contributed by atoms with Crippen molar-refractivity contribution in [1.29, 1.82) is 0 Å². The summed E-state index contributed by atoms with van der Waals surface area (Å²) in [5, 5.41) is 16.3. The minimum Gasteiger partial charge on any atom is -0.480 e. The fourth-order valence-electron chi connectivity index (χ4n) is 3.05. The second kappa shape index (κ2) is 13.2. The number of hydrogen-bond donors (Lipinski definition) is 6. The van der Waals surface area contributed by atoms with E-state index in [2.05, 4.69) is 28.6 Å². The number of benzene rings is 2. The molecule has 0 heterocycles. The third kappa shape index (κ3) is 8.95. The Kier molecular flexibility index (Phi) is 10.4. The molecule has 176 valence electrons. The number of nitrogens with two attached hydrogens (primary N) is 1. The Balaban J connectivity index is 2.03. The second-order valence-electron chi connectivity index (χ2n) is 7.40. The molecule has 0 radical (unpaired) electrons. The van der Waals surface area contributed by atoms with E-state index in [-0.39, 0.29) is 12.2 Å². The van der Waals surface area contributed by atoms with E-state index in [0.29, 0.717) is 6.42 Å². The first-order valence-corrected chi connectivity index (χ1v) is 11.0. The molecular weight excluding hydrogens is 444 g/mol. The number of amides is 3. The Morgan fingerprint density at radius 2 is 1.30 bits per heavy atom. The van der Waals surface area contributed by atoms with Crippen molar-refractivity contribution in [3.05, 3.63) is 71.8 Å². The van der Waals surface area contributed by atoms with Crippen molar-refractivity contribution in [2.24, 2.45) is 5.73 Å². The SMILES string of the molecule is NC(Cc1ccccc1)C(=O)NC(CS)C(=O)NC(Cc1ccccc1)C(=O)NCC(=O)O. The molecule has 0 spiro atoms. The van der Waals surface area contributed by atoms with Gasteiger partial charge in [-0.05, 0) is 17.5 Å². The molecule has 3 amide bonds. The maximum atomic E-state index is 12.8. The predicted molar refractivity (Wildman–Crippen MR) is 127 cm³/mol. The van der Waals surface area contributed by atoms with Crippen molar-refractivity contribution in [2.45, 2.75) is 31.0 Å². The highest BCUT2D eigenvalue weighted by Gasteiger charge is 2.27. The number of thiol groups is 1. The van der Waals surface area contributed by atoms with Gasteiger partial charge in [0.1, 0.15) is 18.6 Å². The Labute approximate surface area is 197 Å². The first-order valence-electron chi connectivity index (χ1n) is 10.3. The van der Waals surface area contributed by atoms with E-state index in [1.165, 1.54) is 0 Å².